The maximum absolute atomic E-state index is 11.9. The molecule has 0 radical (unpaired) electrons. The first-order valence-corrected chi connectivity index (χ1v) is 8.22. The number of hydrogen-bond donors (Lipinski definition) is 1. The zero-order chi connectivity index (χ0) is 16.7. The van der Waals surface area contributed by atoms with Crippen LogP contribution in [-0.2, 0) is 16.0 Å². The fraction of sp³-hybridized carbons (Fsp3) is 0.579. The van der Waals surface area contributed by atoms with E-state index < -0.39 is 0 Å². The van der Waals surface area contributed by atoms with Crippen molar-refractivity contribution in [1.82, 2.24) is 0 Å². The van der Waals surface area contributed by atoms with Gasteiger partial charge in [-0.25, -0.2) is 0 Å². The summed E-state index contributed by atoms with van der Waals surface area (Å²) in [4.78, 5) is 23.7. The van der Waals surface area contributed by atoms with Crippen LogP contribution in [0.4, 0.5) is 5.69 Å². The number of carbonyl (C=O) groups excluding carboxylic acids is 2. The third kappa shape index (κ3) is 6.42. The summed E-state index contributed by atoms with van der Waals surface area (Å²) in [6.45, 7) is 10.1. The third-order valence-corrected chi connectivity index (χ3v) is 3.78. The van der Waals surface area contributed by atoms with Crippen LogP contribution in [0.25, 0.3) is 0 Å². The molecule has 3 nitrogen and oxygen atoms in total. The smallest absolute Gasteiger partial charge is 0.224 e. The van der Waals surface area contributed by atoms with E-state index in [-0.39, 0.29) is 17.7 Å². The summed E-state index contributed by atoms with van der Waals surface area (Å²) < 4.78 is 0. The molecule has 1 aromatic rings. The molecule has 0 aliphatic carbocycles. The topological polar surface area (TPSA) is 46.2 Å². The number of amides is 1. The predicted molar refractivity (Wildman–Crippen MR) is 91.9 cm³/mol. The van der Waals surface area contributed by atoms with E-state index in [1.54, 1.807) is 0 Å². The molecule has 0 spiro atoms. The molecular weight excluding hydrogens is 274 g/mol. The fourth-order valence-corrected chi connectivity index (χ4v) is 2.39. The van der Waals surface area contributed by atoms with Crippen molar-refractivity contribution in [1.29, 1.82) is 0 Å². The Kier molecular flexibility index (Phi) is 7.30. The summed E-state index contributed by atoms with van der Waals surface area (Å²) in [5.74, 6) is 1.00. The Bertz CT molecular complexity index is 489. The zero-order valence-corrected chi connectivity index (χ0v) is 14.5. The van der Waals surface area contributed by atoms with Crippen LogP contribution in [0.3, 0.4) is 0 Å². The molecule has 0 saturated carbocycles. The van der Waals surface area contributed by atoms with Gasteiger partial charge in [-0.2, -0.15) is 0 Å². The van der Waals surface area contributed by atoms with Gasteiger partial charge in [-0.1, -0.05) is 46.8 Å². The average molecular weight is 303 g/mol. The summed E-state index contributed by atoms with van der Waals surface area (Å²) >= 11 is 0. The number of benzene rings is 1. The molecule has 1 rings (SSSR count). The van der Waals surface area contributed by atoms with E-state index in [1.807, 2.05) is 45.0 Å². The van der Waals surface area contributed by atoms with Gasteiger partial charge in [-0.05, 0) is 36.5 Å². The molecule has 0 aliphatic rings. The Morgan fingerprint density at radius 2 is 1.59 bits per heavy atom. The van der Waals surface area contributed by atoms with Gasteiger partial charge < -0.3 is 5.32 Å². The molecule has 1 aromatic carbocycles. The van der Waals surface area contributed by atoms with Crippen LogP contribution >= 0.6 is 0 Å². The molecule has 1 amide bonds. The highest BCUT2D eigenvalue weighted by atomic mass is 16.1. The first-order chi connectivity index (χ1) is 10.3. The molecule has 0 bridgehead atoms. The Labute approximate surface area is 134 Å². The maximum Gasteiger partial charge on any atom is 0.224 e. The van der Waals surface area contributed by atoms with Crippen molar-refractivity contribution >= 4 is 17.4 Å². The number of rotatable bonds is 8. The predicted octanol–water partition coefficient (Wildman–Crippen LogP) is 4.47. The third-order valence-electron chi connectivity index (χ3n) is 3.78. The van der Waals surface area contributed by atoms with E-state index in [2.05, 4.69) is 19.2 Å². The van der Waals surface area contributed by atoms with Crippen LogP contribution < -0.4 is 5.32 Å². The Morgan fingerprint density at radius 3 is 2.09 bits per heavy atom. The monoisotopic (exact) mass is 303 g/mol. The summed E-state index contributed by atoms with van der Waals surface area (Å²) in [7, 11) is 0. The highest BCUT2D eigenvalue weighted by molar-refractivity contribution is 5.90. The second kappa shape index (κ2) is 8.72. The minimum Gasteiger partial charge on any atom is -0.326 e. The highest BCUT2D eigenvalue weighted by Gasteiger charge is 2.16. The van der Waals surface area contributed by atoms with Gasteiger partial charge in [0.25, 0.3) is 0 Å². The molecule has 0 saturated heterocycles. The summed E-state index contributed by atoms with van der Waals surface area (Å²) in [6, 6.07) is 7.80. The lowest BCUT2D eigenvalue weighted by Crippen LogP contribution is -2.19. The first-order valence-electron chi connectivity index (χ1n) is 8.22. The van der Waals surface area contributed by atoms with Crippen LogP contribution in [-0.4, -0.2) is 11.7 Å². The SMILES string of the molecule is CC(C)CCC(=O)Nc1ccc(CC(C)C(=O)C(C)C)cc1. The Hall–Kier alpha value is -1.64. The normalized spacial score (nSPS) is 12.5. The molecule has 3 heteroatoms. The van der Waals surface area contributed by atoms with Crippen LogP contribution in [0.2, 0.25) is 0 Å². The van der Waals surface area contributed by atoms with Crippen molar-refractivity contribution < 1.29 is 9.59 Å². The lowest BCUT2D eigenvalue weighted by atomic mass is 9.91. The number of nitrogens with one attached hydrogen (secondary N) is 1. The number of Topliss-reactive ketones (excluding diaryl/α,β-unsaturated/α-hetero) is 1. The second-order valence-corrected chi connectivity index (χ2v) is 6.84. The molecule has 1 N–H and O–H groups in total. The van der Waals surface area contributed by atoms with E-state index in [4.69, 9.17) is 0 Å². The van der Waals surface area contributed by atoms with Gasteiger partial charge in [-0.15, -0.1) is 0 Å². The number of ketones is 1. The molecule has 22 heavy (non-hydrogen) atoms. The van der Waals surface area contributed by atoms with E-state index >= 15 is 0 Å². The maximum atomic E-state index is 11.9. The van der Waals surface area contributed by atoms with Crippen molar-refractivity contribution in [2.24, 2.45) is 17.8 Å². The van der Waals surface area contributed by atoms with Gasteiger partial charge in [0, 0.05) is 23.9 Å². The van der Waals surface area contributed by atoms with Crippen molar-refractivity contribution in [2.75, 3.05) is 5.32 Å². The molecule has 0 aliphatic heterocycles. The van der Waals surface area contributed by atoms with Gasteiger partial charge in [-0.3, -0.25) is 9.59 Å². The average Bonchev–Trinajstić information content (AvgIpc) is 2.46. The van der Waals surface area contributed by atoms with Crippen LogP contribution in [0.5, 0.6) is 0 Å². The quantitative estimate of drug-likeness (QED) is 0.770. The molecular formula is C19H29NO2. The van der Waals surface area contributed by atoms with Gasteiger partial charge >= 0.3 is 0 Å². The second-order valence-electron chi connectivity index (χ2n) is 6.84. The minimum atomic E-state index is 0.0338. The van der Waals surface area contributed by atoms with Gasteiger partial charge in [0.1, 0.15) is 5.78 Å². The molecule has 122 valence electrons. The van der Waals surface area contributed by atoms with E-state index in [0.717, 1.165) is 24.1 Å². The van der Waals surface area contributed by atoms with Crippen molar-refractivity contribution in [3.63, 3.8) is 0 Å². The van der Waals surface area contributed by atoms with Crippen LogP contribution in [0.15, 0.2) is 24.3 Å². The largest absolute Gasteiger partial charge is 0.326 e. The number of anilines is 1. The summed E-state index contributed by atoms with van der Waals surface area (Å²) in [5, 5.41) is 2.91. The van der Waals surface area contributed by atoms with E-state index in [0.29, 0.717) is 18.1 Å². The number of carbonyl (C=O) groups is 2. The summed E-state index contributed by atoms with van der Waals surface area (Å²) in [6.07, 6.45) is 2.21. The van der Waals surface area contributed by atoms with E-state index in [1.165, 1.54) is 0 Å². The zero-order valence-electron chi connectivity index (χ0n) is 14.5. The Morgan fingerprint density at radius 1 is 1.00 bits per heavy atom. The summed E-state index contributed by atoms with van der Waals surface area (Å²) in [5.41, 5.74) is 1.95. The fourth-order valence-electron chi connectivity index (χ4n) is 2.39. The molecule has 0 aromatic heterocycles. The molecule has 1 atom stereocenters. The van der Waals surface area contributed by atoms with Gasteiger partial charge in [0.05, 0.1) is 0 Å². The standard InChI is InChI=1S/C19H29NO2/c1-13(2)6-11-18(21)20-17-9-7-16(8-10-17)12-15(5)19(22)14(3)4/h7-10,13-15H,6,11-12H2,1-5H3,(H,20,21). The van der Waals surface area contributed by atoms with E-state index in [9.17, 15) is 9.59 Å². The molecule has 1 unspecified atom stereocenters. The Balaban J connectivity index is 2.52. The molecule has 0 fully saturated rings. The minimum absolute atomic E-state index is 0.0338. The molecule has 0 heterocycles. The lowest BCUT2D eigenvalue weighted by molar-refractivity contribution is -0.125. The van der Waals surface area contributed by atoms with Gasteiger partial charge in [0.2, 0.25) is 5.91 Å². The van der Waals surface area contributed by atoms with Crippen LogP contribution in [0.1, 0.15) is 53.0 Å². The highest BCUT2D eigenvalue weighted by Crippen LogP contribution is 2.16. The van der Waals surface area contributed by atoms with Crippen molar-refractivity contribution in [2.45, 2.75) is 53.9 Å². The van der Waals surface area contributed by atoms with Gasteiger partial charge in [0.15, 0.2) is 0 Å². The van der Waals surface area contributed by atoms with Crippen molar-refractivity contribution in [3.05, 3.63) is 29.8 Å². The van der Waals surface area contributed by atoms with Crippen molar-refractivity contribution in [3.8, 4) is 0 Å². The lowest BCUT2D eigenvalue weighted by Gasteiger charge is -2.13. The first kappa shape index (κ1) is 18.4. The van der Waals surface area contributed by atoms with Crippen LogP contribution in [0, 0.1) is 17.8 Å². The number of hydrogen-bond acceptors (Lipinski definition) is 2.